The van der Waals surface area contributed by atoms with Crippen LogP contribution in [0.3, 0.4) is 0 Å². The smallest absolute Gasteiger partial charge is 0.362 e. The molecule has 0 saturated carbocycles. The quantitative estimate of drug-likeness (QED) is 0.714. The molecule has 0 aromatic heterocycles. The van der Waals surface area contributed by atoms with Crippen LogP contribution in [0.15, 0.2) is 64.2 Å². The highest BCUT2D eigenvalue weighted by molar-refractivity contribution is 9.10. The zero-order chi connectivity index (χ0) is 20.4. The summed E-state index contributed by atoms with van der Waals surface area (Å²) in [4.78, 5) is 12.5. The van der Waals surface area contributed by atoms with Crippen molar-refractivity contribution in [1.29, 1.82) is 0 Å². The third kappa shape index (κ3) is 4.28. The third-order valence-corrected chi connectivity index (χ3v) is 5.03. The summed E-state index contributed by atoms with van der Waals surface area (Å²) < 4.78 is 41.4. The predicted octanol–water partition coefficient (Wildman–Crippen LogP) is 4.66. The van der Waals surface area contributed by atoms with Crippen LogP contribution in [-0.4, -0.2) is 33.6 Å². The van der Waals surface area contributed by atoms with E-state index in [2.05, 4.69) is 21.0 Å². The molecule has 2 aromatic carbocycles. The van der Waals surface area contributed by atoms with Gasteiger partial charge in [0.2, 0.25) is 5.91 Å². The van der Waals surface area contributed by atoms with E-state index in [-0.39, 0.29) is 17.1 Å². The van der Waals surface area contributed by atoms with Crippen LogP contribution in [0, 0.1) is 0 Å². The molecule has 4 nitrogen and oxygen atoms in total. The molecular formula is C20H18BrF3N2O2. The van der Waals surface area contributed by atoms with Gasteiger partial charge in [-0.1, -0.05) is 58.4 Å². The van der Waals surface area contributed by atoms with E-state index in [9.17, 15) is 23.1 Å². The van der Waals surface area contributed by atoms with Crippen molar-refractivity contribution >= 4 is 27.5 Å². The zero-order valence-electron chi connectivity index (χ0n) is 14.8. The molecule has 1 atom stereocenters. The minimum atomic E-state index is -5.03. The van der Waals surface area contributed by atoms with Gasteiger partial charge in [0.15, 0.2) is 0 Å². The number of nitrogens with zero attached hydrogens (tertiary/aromatic N) is 2. The number of benzene rings is 2. The molecule has 1 aliphatic heterocycles. The Bertz CT molecular complexity index is 887. The Morgan fingerprint density at radius 2 is 1.89 bits per heavy atom. The number of hydrogen-bond donors (Lipinski definition) is 1. The normalized spacial score (nSPS) is 19.6. The van der Waals surface area contributed by atoms with Crippen molar-refractivity contribution < 1.29 is 23.1 Å². The third-order valence-electron chi connectivity index (χ3n) is 4.53. The second-order valence-corrected chi connectivity index (χ2v) is 7.51. The first-order valence-corrected chi connectivity index (χ1v) is 9.49. The van der Waals surface area contributed by atoms with Crippen LogP contribution in [0.4, 0.5) is 13.2 Å². The highest BCUT2D eigenvalue weighted by Gasteiger charge is 2.63. The van der Waals surface area contributed by atoms with Crippen molar-refractivity contribution in [2.75, 3.05) is 0 Å². The van der Waals surface area contributed by atoms with E-state index in [4.69, 9.17) is 0 Å². The van der Waals surface area contributed by atoms with Crippen LogP contribution in [0.5, 0.6) is 0 Å². The van der Waals surface area contributed by atoms with E-state index in [0.717, 1.165) is 5.56 Å². The predicted molar refractivity (Wildman–Crippen MR) is 103 cm³/mol. The second kappa shape index (κ2) is 8.05. The summed E-state index contributed by atoms with van der Waals surface area (Å²) in [5.41, 5.74) is -1.93. The monoisotopic (exact) mass is 454 g/mol. The maximum atomic E-state index is 13.6. The number of hydrazone groups is 1. The Labute approximate surface area is 168 Å². The van der Waals surface area contributed by atoms with Gasteiger partial charge >= 0.3 is 6.18 Å². The molecule has 28 heavy (non-hydrogen) atoms. The summed E-state index contributed by atoms with van der Waals surface area (Å²) in [7, 11) is 0. The van der Waals surface area contributed by atoms with Crippen molar-refractivity contribution in [3.8, 4) is 0 Å². The maximum absolute atomic E-state index is 13.6. The molecule has 0 fully saturated rings. The molecule has 1 N–H and O–H groups in total. The molecule has 0 bridgehead atoms. The van der Waals surface area contributed by atoms with E-state index >= 15 is 0 Å². The van der Waals surface area contributed by atoms with Crippen molar-refractivity contribution in [1.82, 2.24) is 5.01 Å². The summed E-state index contributed by atoms with van der Waals surface area (Å²) in [5, 5.41) is 14.4. The number of rotatable bonds is 5. The molecule has 3 rings (SSSR count). The lowest BCUT2D eigenvalue weighted by Gasteiger charge is -2.32. The van der Waals surface area contributed by atoms with Gasteiger partial charge in [0, 0.05) is 10.9 Å². The van der Waals surface area contributed by atoms with E-state index in [1.165, 1.54) is 0 Å². The van der Waals surface area contributed by atoms with E-state index in [0.29, 0.717) is 22.9 Å². The Balaban J connectivity index is 1.79. The molecule has 0 aliphatic carbocycles. The fourth-order valence-electron chi connectivity index (χ4n) is 3.05. The van der Waals surface area contributed by atoms with Gasteiger partial charge in [0.1, 0.15) is 0 Å². The first kappa shape index (κ1) is 20.5. The Morgan fingerprint density at radius 3 is 2.54 bits per heavy atom. The molecule has 0 radical (unpaired) electrons. The van der Waals surface area contributed by atoms with Crippen LogP contribution < -0.4 is 0 Å². The number of aliphatic hydroxyl groups is 1. The molecule has 1 amide bonds. The molecule has 1 aliphatic rings. The molecule has 0 saturated heterocycles. The number of hydrogen-bond acceptors (Lipinski definition) is 3. The lowest BCUT2D eigenvalue weighted by Crippen LogP contribution is -2.56. The van der Waals surface area contributed by atoms with Crippen LogP contribution in [0.2, 0.25) is 0 Å². The number of carbonyl (C=O) groups is 1. The molecule has 8 heteroatoms. The molecule has 1 unspecified atom stereocenters. The van der Waals surface area contributed by atoms with Gasteiger partial charge in [-0.15, -0.1) is 0 Å². The van der Waals surface area contributed by atoms with Crippen molar-refractivity contribution in [3.05, 3.63) is 70.2 Å². The van der Waals surface area contributed by atoms with Gasteiger partial charge < -0.3 is 5.11 Å². The average Bonchev–Trinajstić information content (AvgIpc) is 3.02. The van der Waals surface area contributed by atoms with E-state index < -0.39 is 24.2 Å². The number of alkyl halides is 3. The Kier molecular flexibility index (Phi) is 5.90. The van der Waals surface area contributed by atoms with Gasteiger partial charge in [0.25, 0.3) is 5.72 Å². The average molecular weight is 455 g/mol. The highest BCUT2D eigenvalue weighted by Crippen LogP contribution is 2.41. The first-order chi connectivity index (χ1) is 13.2. The molecular weight excluding hydrogens is 437 g/mol. The summed E-state index contributed by atoms with van der Waals surface area (Å²) in [6.07, 6.45) is -5.08. The molecule has 0 spiro atoms. The minimum Gasteiger partial charge on any atom is -0.362 e. The zero-order valence-corrected chi connectivity index (χ0v) is 16.4. The van der Waals surface area contributed by atoms with Crippen LogP contribution in [-0.2, 0) is 11.2 Å². The fraction of sp³-hybridized carbons (Fsp3) is 0.300. The van der Waals surface area contributed by atoms with Gasteiger partial charge in [-0.05, 0) is 36.1 Å². The molecule has 1 heterocycles. The number of amides is 1. The summed E-state index contributed by atoms with van der Waals surface area (Å²) in [6, 6.07) is 15.9. The van der Waals surface area contributed by atoms with E-state index in [1.807, 2.05) is 30.3 Å². The number of halogens is 4. The summed E-state index contributed by atoms with van der Waals surface area (Å²) in [5.74, 6) is -0.860. The minimum absolute atomic E-state index is 0.0116. The SMILES string of the molecule is O=C(CCCc1ccccc1)N1N=C(c2cccc(Br)c2)CC1(O)C(F)(F)F. The Hall–Kier alpha value is -2.19. The maximum Gasteiger partial charge on any atom is 0.438 e. The van der Waals surface area contributed by atoms with Gasteiger partial charge in [0.05, 0.1) is 12.1 Å². The fourth-order valence-corrected chi connectivity index (χ4v) is 3.45. The lowest BCUT2D eigenvalue weighted by atomic mass is 10.0. The van der Waals surface area contributed by atoms with E-state index in [1.54, 1.807) is 24.3 Å². The van der Waals surface area contributed by atoms with Crippen molar-refractivity contribution in [3.63, 3.8) is 0 Å². The first-order valence-electron chi connectivity index (χ1n) is 8.70. The molecule has 148 valence electrons. The van der Waals surface area contributed by atoms with Crippen LogP contribution >= 0.6 is 15.9 Å². The number of carbonyl (C=O) groups excluding carboxylic acids is 1. The number of aryl methyl sites for hydroxylation is 1. The largest absolute Gasteiger partial charge is 0.438 e. The van der Waals surface area contributed by atoms with Crippen LogP contribution in [0.1, 0.15) is 30.4 Å². The van der Waals surface area contributed by atoms with Crippen molar-refractivity contribution in [2.24, 2.45) is 5.10 Å². The summed E-state index contributed by atoms with van der Waals surface area (Å²) >= 11 is 3.26. The molecule has 2 aromatic rings. The Morgan fingerprint density at radius 1 is 1.18 bits per heavy atom. The topological polar surface area (TPSA) is 52.9 Å². The van der Waals surface area contributed by atoms with Gasteiger partial charge in [-0.3, -0.25) is 4.79 Å². The lowest BCUT2D eigenvalue weighted by molar-refractivity contribution is -0.302. The highest BCUT2D eigenvalue weighted by atomic mass is 79.9. The summed E-state index contributed by atoms with van der Waals surface area (Å²) in [6.45, 7) is 0. The van der Waals surface area contributed by atoms with Crippen molar-refractivity contribution in [2.45, 2.75) is 37.6 Å². The second-order valence-electron chi connectivity index (χ2n) is 6.59. The van der Waals surface area contributed by atoms with Gasteiger partial charge in [-0.2, -0.15) is 23.3 Å². The standard InChI is InChI=1S/C20H18BrF3N2O2/c21-16-10-5-9-15(12-16)17-13-19(28,20(22,23)24)26(25-17)18(27)11-4-8-14-6-2-1-3-7-14/h1-3,5-7,9-10,12,28H,4,8,11,13H2. The van der Waals surface area contributed by atoms with Crippen LogP contribution in [0.25, 0.3) is 0 Å². The van der Waals surface area contributed by atoms with Gasteiger partial charge in [-0.25, -0.2) is 0 Å².